The highest BCUT2D eigenvalue weighted by Crippen LogP contribution is 2.19. The fourth-order valence-electron chi connectivity index (χ4n) is 1.75. The lowest BCUT2D eigenvalue weighted by Gasteiger charge is -2.02. The Morgan fingerprint density at radius 1 is 1.26 bits per heavy atom. The Balaban J connectivity index is 2.06. The second-order valence-electron chi connectivity index (χ2n) is 4.20. The van der Waals surface area contributed by atoms with Crippen LogP contribution in [-0.2, 0) is 0 Å². The number of rotatable bonds is 4. The number of aromatic nitrogens is 3. The van der Waals surface area contributed by atoms with Gasteiger partial charge in [0, 0.05) is 23.0 Å². The molecule has 0 aliphatic heterocycles. The van der Waals surface area contributed by atoms with Gasteiger partial charge >= 0.3 is 0 Å². The molecule has 0 saturated carbocycles. The van der Waals surface area contributed by atoms with Crippen LogP contribution in [0.25, 0.3) is 0 Å². The Kier molecular flexibility index (Phi) is 3.75. The molecule has 2 aromatic heterocycles. The molecule has 0 saturated heterocycles. The molecule has 5 N–H and O–H groups in total. The van der Waals surface area contributed by atoms with Gasteiger partial charge in [-0.15, -0.1) is 0 Å². The smallest absolute Gasteiger partial charge is 0.191 e. The molecule has 0 aliphatic rings. The van der Waals surface area contributed by atoms with Crippen LogP contribution in [0.4, 0.5) is 11.6 Å². The van der Waals surface area contributed by atoms with E-state index in [0.29, 0.717) is 22.4 Å². The molecule has 19 heavy (non-hydrogen) atoms. The first-order chi connectivity index (χ1) is 8.95. The minimum absolute atomic E-state index is 0.0245. The lowest BCUT2D eigenvalue weighted by molar-refractivity contribution is 0.102. The molecule has 100 valence electrons. The van der Waals surface area contributed by atoms with Crippen LogP contribution >= 0.6 is 11.8 Å². The van der Waals surface area contributed by atoms with Crippen LogP contribution in [0.3, 0.4) is 0 Å². The fourth-order valence-corrected chi connectivity index (χ4v) is 2.50. The third kappa shape index (κ3) is 3.25. The van der Waals surface area contributed by atoms with E-state index in [1.54, 1.807) is 0 Å². The predicted octanol–water partition coefficient (Wildman–Crippen LogP) is 1.56. The van der Waals surface area contributed by atoms with Gasteiger partial charge in [-0.25, -0.2) is 9.97 Å². The van der Waals surface area contributed by atoms with E-state index >= 15 is 0 Å². The van der Waals surface area contributed by atoms with Gasteiger partial charge in [0.15, 0.2) is 10.9 Å². The van der Waals surface area contributed by atoms with Crippen molar-refractivity contribution in [2.45, 2.75) is 19.0 Å². The average Bonchev–Trinajstić information content (AvgIpc) is 2.64. The Morgan fingerprint density at radius 2 is 1.89 bits per heavy atom. The normalized spacial score (nSPS) is 10.6. The van der Waals surface area contributed by atoms with Gasteiger partial charge in [0.25, 0.3) is 0 Å². The molecule has 0 unspecified atom stereocenters. The van der Waals surface area contributed by atoms with E-state index in [-0.39, 0.29) is 11.5 Å². The SMILES string of the molecule is Cc1cc(C(=O)CSc2nc(N)cc(N)n2)c(C)[nH]1. The summed E-state index contributed by atoms with van der Waals surface area (Å²) in [6, 6.07) is 3.32. The highest BCUT2D eigenvalue weighted by Gasteiger charge is 2.13. The Morgan fingerprint density at radius 3 is 2.42 bits per heavy atom. The number of aryl methyl sites for hydroxylation is 2. The van der Waals surface area contributed by atoms with E-state index in [4.69, 9.17) is 11.5 Å². The largest absolute Gasteiger partial charge is 0.383 e. The lowest BCUT2D eigenvalue weighted by Crippen LogP contribution is -2.05. The zero-order valence-corrected chi connectivity index (χ0v) is 11.5. The molecule has 0 fully saturated rings. The number of nitrogen functional groups attached to an aromatic ring is 2. The number of nitrogens with two attached hydrogens (primary N) is 2. The Labute approximate surface area is 115 Å². The number of nitrogens with one attached hydrogen (secondary N) is 1. The van der Waals surface area contributed by atoms with Gasteiger partial charge < -0.3 is 16.5 Å². The molecular formula is C12H15N5OS. The zero-order chi connectivity index (χ0) is 14.0. The number of Topliss-reactive ketones (excluding diaryl/α,β-unsaturated/α-hetero) is 1. The molecule has 2 rings (SSSR count). The Hall–Kier alpha value is -2.02. The van der Waals surface area contributed by atoms with Crippen LogP contribution in [0.15, 0.2) is 17.3 Å². The number of hydrogen-bond donors (Lipinski definition) is 3. The molecule has 0 bridgehead atoms. The van der Waals surface area contributed by atoms with Gasteiger partial charge in [-0.3, -0.25) is 4.79 Å². The van der Waals surface area contributed by atoms with Crippen LogP contribution in [0.2, 0.25) is 0 Å². The van der Waals surface area contributed by atoms with E-state index in [9.17, 15) is 4.79 Å². The van der Waals surface area contributed by atoms with Gasteiger partial charge in [-0.2, -0.15) is 0 Å². The van der Waals surface area contributed by atoms with Crippen molar-refractivity contribution >= 4 is 29.2 Å². The van der Waals surface area contributed by atoms with Crippen molar-refractivity contribution in [1.29, 1.82) is 0 Å². The van der Waals surface area contributed by atoms with E-state index in [0.717, 1.165) is 11.4 Å². The summed E-state index contributed by atoms with van der Waals surface area (Å²) in [6.45, 7) is 3.79. The molecule has 0 amide bonds. The minimum Gasteiger partial charge on any atom is -0.383 e. The number of H-pyrrole nitrogens is 1. The molecular weight excluding hydrogens is 262 g/mol. The predicted molar refractivity (Wildman–Crippen MR) is 76.2 cm³/mol. The van der Waals surface area contributed by atoms with Crippen LogP contribution in [0.1, 0.15) is 21.7 Å². The second-order valence-corrected chi connectivity index (χ2v) is 5.15. The molecule has 2 heterocycles. The zero-order valence-electron chi connectivity index (χ0n) is 10.7. The van der Waals surface area contributed by atoms with Crippen LogP contribution in [0, 0.1) is 13.8 Å². The topological polar surface area (TPSA) is 111 Å². The van der Waals surface area contributed by atoms with Gasteiger partial charge in [-0.05, 0) is 19.9 Å². The van der Waals surface area contributed by atoms with Crippen LogP contribution < -0.4 is 11.5 Å². The first kappa shape index (κ1) is 13.4. The third-order valence-electron chi connectivity index (χ3n) is 2.53. The van der Waals surface area contributed by atoms with E-state index in [2.05, 4.69) is 15.0 Å². The van der Waals surface area contributed by atoms with Crippen LogP contribution in [-0.4, -0.2) is 26.5 Å². The summed E-state index contributed by atoms with van der Waals surface area (Å²) in [5.74, 6) is 0.879. The maximum Gasteiger partial charge on any atom is 0.191 e. The van der Waals surface area contributed by atoms with E-state index in [1.807, 2.05) is 19.9 Å². The minimum atomic E-state index is 0.0245. The van der Waals surface area contributed by atoms with Crippen molar-refractivity contribution in [2.75, 3.05) is 17.2 Å². The van der Waals surface area contributed by atoms with Crippen molar-refractivity contribution in [1.82, 2.24) is 15.0 Å². The first-order valence-corrected chi connectivity index (χ1v) is 6.66. The summed E-state index contributed by atoms with van der Waals surface area (Å²) in [4.78, 5) is 23.2. The summed E-state index contributed by atoms with van der Waals surface area (Å²) in [5.41, 5.74) is 13.7. The highest BCUT2D eigenvalue weighted by molar-refractivity contribution is 7.99. The lowest BCUT2D eigenvalue weighted by atomic mass is 10.2. The summed E-state index contributed by atoms with van der Waals surface area (Å²) in [7, 11) is 0. The van der Waals surface area contributed by atoms with Crippen molar-refractivity contribution in [3.8, 4) is 0 Å². The molecule has 0 aliphatic carbocycles. The molecule has 6 nitrogen and oxygen atoms in total. The molecule has 7 heteroatoms. The molecule has 0 aromatic carbocycles. The number of ketones is 1. The first-order valence-electron chi connectivity index (χ1n) is 5.68. The molecule has 0 atom stereocenters. The Bertz CT molecular complexity index is 602. The number of aromatic amines is 1. The van der Waals surface area contributed by atoms with Crippen LogP contribution in [0.5, 0.6) is 0 Å². The second kappa shape index (κ2) is 5.31. The summed E-state index contributed by atoms with van der Waals surface area (Å²) in [5, 5.41) is 0.413. The number of hydrogen-bond acceptors (Lipinski definition) is 6. The maximum atomic E-state index is 12.1. The van der Waals surface area contributed by atoms with Gasteiger partial charge in [0.05, 0.1) is 5.75 Å². The van der Waals surface area contributed by atoms with Crippen molar-refractivity contribution < 1.29 is 4.79 Å². The third-order valence-corrected chi connectivity index (χ3v) is 3.37. The van der Waals surface area contributed by atoms with Crippen molar-refractivity contribution in [3.63, 3.8) is 0 Å². The fraction of sp³-hybridized carbons (Fsp3) is 0.250. The molecule has 0 radical (unpaired) electrons. The standard InChI is InChI=1S/C12H15N5OS/c1-6-3-8(7(2)15-6)9(18)5-19-12-16-10(13)4-11(14)17-12/h3-4,15H,5H2,1-2H3,(H4,13,14,16,17). The van der Waals surface area contributed by atoms with Crippen molar-refractivity contribution in [3.05, 3.63) is 29.1 Å². The number of carbonyl (C=O) groups excluding carboxylic acids is 1. The van der Waals surface area contributed by atoms with Gasteiger partial charge in [0.1, 0.15) is 11.6 Å². The molecule has 2 aromatic rings. The maximum absolute atomic E-state index is 12.1. The highest BCUT2D eigenvalue weighted by atomic mass is 32.2. The quantitative estimate of drug-likeness (QED) is 0.444. The number of anilines is 2. The molecule has 0 spiro atoms. The summed E-state index contributed by atoms with van der Waals surface area (Å²) >= 11 is 1.22. The van der Waals surface area contributed by atoms with E-state index in [1.165, 1.54) is 17.8 Å². The number of nitrogens with zero attached hydrogens (tertiary/aromatic N) is 2. The van der Waals surface area contributed by atoms with Gasteiger partial charge in [-0.1, -0.05) is 11.8 Å². The van der Waals surface area contributed by atoms with Gasteiger partial charge in [0.2, 0.25) is 0 Å². The summed E-state index contributed by atoms with van der Waals surface area (Å²) < 4.78 is 0. The summed E-state index contributed by atoms with van der Waals surface area (Å²) in [6.07, 6.45) is 0. The number of carbonyl (C=O) groups is 1. The average molecular weight is 277 g/mol. The monoisotopic (exact) mass is 277 g/mol. The van der Waals surface area contributed by atoms with E-state index < -0.39 is 0 Å². The van der Waals surface area contributed by atoms with Crippen molar-refractivity contribution in [2.24, 2.45) is 0 Å². The number of thioether (sulfide) groups is 1.